The molecule has 2 saturated heterocycles. The number of halogens is 2. The number of amides is 4. The van der Waals surface area contributed by atoms with Crippen LogP contribution >= 0.6 is 23.2 Å². The van der Waals surface area contributed by atoms with Gasteiger partial charge in [-0.05, 0) is 81.0 Å². The molecule has 0 radical (unpaired) electrons. The number of carbonyl (C=O) groups is 4. The number of aromatic hydroxyl groups is 1. The first kappa shape index (κ1) is 29.8. The van der Waals surface area contributed by atoms with Crippen LogP contribution in [0.3, 0.4) is 0 Å². The molecule has 7 nitrogen and oxygen atoms in total. The molecule has 3 aromatic carbocycles. The minimum atomic E-state index is -1.42. The molecule has 45 heavy (non-hydrogen) atoms. The van der Waals surface area contributed by atoms with E-state index in [4.69, 9.17) is 23.2 Å². The molecular formula is C36H32Cl2N2O5. The number of fused-ring (bicyclic) bond motifs is 4. The summed E-state index contributed by atoms with van der Waals surface area (Å²) in [5.74, 6) is -4.65. The number of phenols is 1. The summed E-state index contributed by atoms with van der Waals surface area (Å²) < 4.78 is 0. The number of anilines is 1. The number of carbonyl (C=O) groups excluding carboxylic acids is 4. The lowest BCUT2D eigenvalue weighted by molar-refractivity contribution is -0.145. The average molecular weight is 644 g/mol. The van der Waals surface area contributed by atoms with E-state index in [1.54, 1.807) is 30.3 Å². The second-order valence-corrected chi connectivity index (χ2v) is 14.3. The summed E-state index contributed by atoms with van der Waals surface area (Å²) >= 11 is 13.2. The number of rotatable bonds is 3. The number of phenolic OH excluding ortho intramolecular Hbond substituents is 1. The van der Waals surface area contributed by atoms with Gasteiger partial charge in [0.15, 0.2) is 0 Å². The van der Waals surface area contributed by atoms with Crippen molar-refractivity contribution in [2.45, 2.75) is 50.5 Å². The zero-order valence-corrected chi connectivity index (χ0v) is 26.5. The SMILES string of the molecule is CC(C)(C)N1C(=O)[C@H]2[C@H](CC=C3[C@H]2C[C@H]2C(=O)N(c4cccc(Cl)c4)C(=O)[C@@]2(c2ccccc2)[C@H]3c2ccc(O)cc2Cl)C1=O. The zero-order valence-electron chi connectivity index (χ0n) is 25.0. The molecule has 0 unspecified atom stereocenters. The Morgan fingerprint density at radius 1 is 0.844 bits per heavy atom. The first-order valence-corrected chi connectivity index (χ1v) is 15.9. The first-order valence-electron chi connectivity index (χ1n) is 15.1. The van der Waals surface area contributed by atoms with Crippen LogP contribution in [0.5, 0.6) is 5.75 Å². The smallest absolute Gasteiger partial charge is 0.246 e. The van der Waals surface area contributed by atoms with Gasteiger partial charge in [-0.2, -0.15) is 0 Å². The molecule has 0 aromatic heterocycles. The van der Waals surface area contributed by atoms with Crippen LogP contribution in [0.15, 0.2) is 84.4 Å². The van der Waals surface area contributed by atoms with E-state index in [0.29, 0.717) is 28.3 Å². The maximum absolute atomic E-state index is 15.2. The molecule has 4 amide bonds. The monoisotopic (exact) mass is 642 g/mol. The van der Waals surface area contributed by atoms with E-state index >= 15 is 4.79 Å². The lowest BCUT2D eigenvalue weighted by Gasteiger charge is -2.51. The molecule has 9 heteroatoms. The second-order valence-electron chi connectivity index (χ2n) is 13.5. The Kier molecular flexibility index (Phi) is 6.81. The topological polar surface area (TPSA) is 95.0 Å². The van der Waals surface area contributed by atoms with E-state index < -0.39 is 52.4 Å². The van der Waals surface area contributed by atoms with E-state index in [9.17, 15) is 19.5 Å². The van der Waals surface area contributed by atoms with Crippen molar-refractivity contribution in [2.24, 2.45) is 23.7 Å². The minimum Gasteiger partial charge on any atom is -0.508 e. The normalized spacial score (nSPS) is 29.4. The van der Waals surface area contributed by atoms with Gasteiger partial charge in [0.25, 0.3) is 0 Å². The Balaban J connectivity index is 1.51. The predicted octanol–water partition coefficient (Wildman–Crippen LogP) is 6.66. The summed E-state index contributed by atoms with van der Waals surface area (Å²) in [4.78, 5) is 60.3. The van der Waals surface area contributed by atoms with Crippen LogP contribution in [0, 0.1) is 23.7 Å². The third kappa shape index (κ3) is 4.16. The number of imide groups is 2. The highest BCUT2D eigenvalue weighted by atomic mass is 35.5. The molecule has 2 aliphatic heterocycles. The van der Waals surface area contributed by atoms with Crippen LogP contribution in [0.2, 0.25) is 10.0 Å². The second kappa shape index (κ2) is 10.3. The van der Waals surface area contributed by atoms with Crippen molar-refractivity contribution in [1.29, 1.82) is 0 Å². The van der Waals surface area contributed by atoms with Crippen molar-refractivity contribution in [1.82, 2.24) is 4.90 Å². The largest absolute Gasteiger partial charge is 0.508 e. The Morgan fingerprint density at radius 3 is 2.24 bits per heavy atom. The van der Waals surface area contributed by atoms with Gasteiger partial charge in [-0.3, -0.25) is 24.1 Å². The van der Waals surface area contributed by atoms with E-state index in [1.165, 1.54) is 21.9 Å². The number of hydrogen-bond donors (Lipinski definition) is 1. The third-order valence-electron chi connectivity index (χ3n) is 10.1. The van der Waals surface area contributed by atoms with Crippen molar-refractivity contribution in [3.05, 3.63) is 106 Å². The van der Waals surface area contributed by atoms with E-state index in [2.05, 4.69) is 0 Å². The van der Waals surface area contributed by atoms with Crippen molar-refractivity contribution < 1.29 is 24.3 Å². The standard InChI is InChI=1S/C36H32Cl2N2O5/c1-35(2,3)40-31(42)25-15-14-23-26(29(25)33(40)44)18-27-32(43)39(21-11-7-10-20(37)16-21)34(45)36(27,19-8-5-4-6-9-19)30(23)24-13-12-22(41)17-28(24)38/h4-14,16-17,25-27,29-30,41H,15,18H2,1-3H3/t25-,26+,27-,29-,30+,36+/m0/s1. The Labute approximate surface area is 271 Å². The van der Waals surface area contributed by atoms with Gasteiger partial charge in [-0.15, -0.1) is 0 Å². The first-order chi connectivity index (χ1) is 21.4. The van der Waals surface area contributed by atoms with E-state index in [-0.39, 0.29) is 29.0 Å². The third-order valence-corrected chi connectivity index (χ3v) is 10.7. The van der Waals surface area contributed by atoms with Crippen LogP contribution in [0.1, 0.15) is 50.7 Å². The van der Waals surface area contributed by atoms with Gasteiger partial charge in [0.2, 0.25) is 23.6 Å². The van der Waals surface area contributed by atoms with Crippen molar-refractivity contribution in [2.75, 3.05) is 4.90 Å². The lowest BCUT2D eigenvalue weighted by atomic mass is 9.49. The molecule has 7 rings (SSSR count). The molecular weight excluding hydrogens is 611 g/mol. The molecule has 1 saturated carbocycles. The number of hydrogen-bond acceptors (Lipinski definition) is 5. The van der Waals surface area contributed by atoms with Gasteiger partial charge in [0, 0.05) is 21.5 Å². The fourth-order valence-electron chi connectivity index (χ4n) is 8.50. The fraction of sp³-hybridized carbons (Fsp3) is 0.333. The van der Waals surface area contributed by atoms with Crippen molar-refractivity contribution >= 4 is 52.5 Å². The van der Waals surface area contributed by atoms with E-state index in [0.717, 1.165) is 5.57 Å². The van der Waals surface area contributed by atoms with Gasteiger partial charge in [-0.25, -0.2) is 4.90 Å². The zero-order chi connectivity index (χ0) is 32.0. The van der Waals surface area contributed by atoms with Crippen LogP contribution in [-0.4, -0.2) is 39.2 Å². The van der Waals surface area contributed by atoms with Crippen molar-refractivity contribution in [3.63, 3.8) is 0 Å². The number of nitrogens with zero attached hydrogens (tertiary/aromatic N) is 2. The summed E-state index contributed by atoms with van der Waals surface area (Å²) in [6, 6.07) is 20.6. The number of allylic oxidation sites excluding steroid dienone is 2. The summed E-state index contributed by atoms with van der Waals surface area (Å²) in [5, 5.41) is 10.9. The number of likely N-dealkylation sites (tertiary alicyclic amines) is 1. The highest BCUT2D eigenvalue weighted by Gasteiger charge is 2.70. The number of benzene rings is 3. The van der Waals surface area contributed by atoms with Crippen LogP contribution in [0.25, 0.3) is 0 Å². The Hall–Kier alpha value is -3.94. The Bertz CT molecular complexity index is 1820. The average Bonchev–Trinajstić information content (AvgIpc) is 3.39. The molecule has 6 atom stereocenters. The minimum absolute atomic E-state index is 0.0362. The summed E-state index contributed by atoms with van der Waals surface area (Å²) in [6.45, 7) is 5.53. The van der Waals surface area contributed by atoms with Gasteiger partial charge >= 0.3 is 0 Å². The predicted molar refractivity (Wildman–Crippen MR) is 171 cm³/mol. The quantitative estimate of drug-likeness (QED) is 0.255. The fourth-order valence-corrected chi connectivity index (χ4v) is 8.97. The molecule has 2 heterocycles. The highest BCUT2D eigenvalue weighted by Crippen LogP contribution is 2.65. The molecule has 2 aliphatic carbocycles. The van der Waals surface area contributed by atoms with Gasteiger partial charge in [0.1, 0.15) is 5.75 Å². The van der Waals surface area contributed by atoms with E-state index in [1.807, 2.05) is 57.2 Å². The van der Waals surface area contributed by atoms with Crippen LogP contribution in [-0.2, 0) is 24.6 Å². The summed E-state index contributed by atoms with van der Waals surface area (Å²) in [6.07, 6.45) is 2.53. The molecule has 1 N–H and O–H groups in total. The maximum Gasteiger partial charge on any atom is 0.246 e. The summed E-state index contributed by atoms with van der Waals surface area (Å²) in [7, 11) is 0. The molecule has 0 bridgehead atoms. The summed E-state index contributed by atoms with van der Waals surface area (Å²) in [5.41, 5.74) is 0.255. The molecule has 3 fully saturated rings. The van der Waals surface area contributed by atoms with Crippen LogP contribution in [0.4, 0.5) is 5.69 Å². The lowest BCUT2D eigenvalue weighted by Crippen LogP contribution is -2.53. The molecule has 4 aliphatic rings. The van der Waals surface area contributed by atoms with Crippen LogP contribution < -0.4 is 4.90 Å². The van der Waals surface area contributed by atoms with Gasteiger partial charge in [-0.1, -0.05) is 77.3 Å². The maximum atomic E-state index is 15.2. The van der Waals surface area contributed by atoms with Gasteiger partial charge < -0.3 is 5.11 Å². The van der Waals surface area contributed by atoms with Gasteiger partial charge in [0.05, 0.1) is 28.9 Å². The highest BCUT2D eigenvalue weighted by molar-refractivity contribution is 6.33. The molecule has 0 spiro atoms. The van der Waals surface area contributed by atoms with Crippen molar-refractivity contribution in [3.8, 4) is 5.75 Å². The Morgan fingerprint density at radius 2 is 1.58 bits per heavy atom. The molecule has 230 valence electrons. The molecule has 3 aromatic rings.